The normalized spacial score (nSPS) is 16.5. The highest BCUT2D eigenvalue weighted by atomic mass is 32.2. The van der Waals surface area contributed by atoms with E-state index in [4.69, 9.17) is 22.2 Å². The molecule has 1 aliphatic heterocycles. The molecule has 2 aromatic carbocycles. The van der Waals surface area contributed by atoms with Gasteiger partial charge in [0.2, 0.25) is 0 Å². The van der Waals surface area contributed by atoms with Crippen molar-refractivity contribution in [1.82, 2.24) is 19.9 Å². The van der Waals surface area contributed by atoms with Crippen LogP contribution in [0.3, 0.4) is 0 Å². The fourth-order valence-electron chi connectivity index (χ4n) is 5.52. The van der Waals surface area contributed by atoms with Crippen molar-refractivity contribution in [3.05, 3.63) is 136 Å². The Morgan fingerprint density at radius 3 is 2.24 bits per heavy atom. The maximum atomic E-state index is 11.0. The van der Waals surface area contributed by atoms with E-state index in [1.54, 1.807) is 23.9 Å². The number of benzene rings is 2. The Bertz CT molecular complexity index is 1770. The van der Waals surface area contributed by atoms with Crippen molar-refractivity contribution in [2.75, 3.05) is 4.90 Å². The summed E-state index contributed by atoms with van der Waals surface area (Å²) in [5.41, 5.74) is 6.39. The van der Waals surface area contributed by atoms with Crippen LogP contribution in [0, 0.1) is 30.9 Å². The molecule has 1 aliphatic rings. The number of nitrogens with zero attached hydrogens (tertiary/aromatic N) is 5. The number of pyridine rings is 2. The molecular formula is C32H28N6O2S2. The minimum absolute atomic E-state index is 0.0795. The summed E-state index contributed by atoms with van der Waals surface area (Å²) in [7, 11) is 0. The van der Waals surface area contributed by atoms with Gasteiger partial charge >= 0.3 is 0 Å². The Labute approximate surface area is 253 Å². The Hall–Kier alpha value is -4.54. The van der Waals surface area contributed by atoms with Crippen LogP contribution in [0.25, 0.3) is 5.82 Å². The predicted molar refractivity (Wildman–Crippen MR) is 169 cm³/mol. The highest BCUT2D eigenvalue weighted by Gasteiger charge is 2.42. The summed E-state index contributed by atoms with van der Waals surface area (Å²) in [5.74, 6) is 0.917. The third-order valence-corrected chi connectivity index (χ3v) is 8.81. The number of non-ortho nitro benzene ring substituents is 1. The van der Waals surface area contributed by atoms with Crippen molar-refractivity contribution in [1.29, 1.82) is 0 Å². The van der Waals surface area contributed by atoms with E-state index >= 15 is 0 Å². The van der Waals surface area contributed by atoms with Gasteiger partial charge < -0.3 is 14.8 Å². The Morgan fingerprint density at radius 2 is 1.60 bits per heavy atom. The molecule has 42 heavy (non-hydrogen) atoms. The fraction of sp³-hybridized carbons (Fsp3) is 0.156. The SMILES string of the molecule is Cc1cccnc1-n1c(C)cc([C@@H]2[C@H](c3ccccn3)NC(=S)N2c2ccc(Sc3ccc([N+](=O)[O-])cc3)cc2)c1C. The van der Waals surface area contributed by atoms with Crippen LogP contribution in [0.4, 0.5) is 11.4 Å². The summed E-state index contributed by atoms with van der Waals surface area (Å²) in [4.78, 5) is 24.1. The standard InChI is InChI=1S/C32H28N6O2S2/c1-20-7-6-18-34-31(20)36-21(2)19-27(22(36)3)30-29(28-8-4-5-17-33-28)35-32(41)37(30)23-9-13-25(14-10-23)42-26-15-11-24(12-16-26)38(39)40/h4-19,29-30H,1-3H3,(H,35,41)/t29-,30+/m0/s1. The van der Waals surface area contributed by atoms with Gasteiger partial charge in [0.25, 0.3) is 5.69 Å². The first-order valence-corrected chi connectivity index (χ1v) is 14.7. The molecule has 0 unspecified atom stereocenters. The van der Waals surface area contributed by atoms with Gasteiger partial charge in [-0.25, -0.2) is 4.98 Å². The maximum Gasteiger partial charge on any atom is 0.269 e. The van der Waals surface area contributed by atoms with E-state index in [2.05, 4.69) is 72.0 Å². The van der Waals surface area contributed by atoms with Gasteiger partial charge in [0.15, 0.2) is 5.11 Å². The largest absolute Gasteiger partial charge is 0.351 e. The molecule has 4 heterocycles. The summed E-state index contributed by atoms with van der Waals surface area (Å²) in [6.45, 7) is 6.32. The van der Waals surface area contributed by atoms with Gasteiger partial charge in [-0.15, -0.1) is 0 Å². The molecule has 0 saturated carbocycles. The molecule has 0 spiro atoms. The number of nitro groups is 1. The lowest BCUT2D eigenvalue weighted by atomic mass is 9.96. The average Bonchev–Trinajstić information content (AvgIpc) is 3.49. The molecule has 0 aliphatic carbocycles. The minimum Gasteiger partial charge on any atom is -0.351 e. The quantitative estimate of drug-likeness (QED) is 0.119. The number of nitrogens with one attached hydrogen (secondary N) is 1. The third kappa shape index (κ3) is 5.15. The van der Waals surface area contributed by atoms with Crippen LogP contribution in [0.5, 0.6) is 0 Å². The van der Waals surface area contributed by atoms with Crippen molar-refractivity contribution in [2.24, 2.45) is 0 Å². The molecular weight excluding hydrogens is 565 g/mol. The van der Waals surface area contributed by atoms with Gasteiger partial charge in [-0.2, -0.15) is 0 Å². The van der Waals surface area contributed by atoms with E-state index < -0.39 is 0 Å². The molecule has 1 fully saturated rings. The molecule has 1 N–H and O–H groups in total. The lowest BCUT2D eigenvalue weighted by Gasteiger charge is -2.28. The second-order valence-corrected chi connectivity index (χ2v) is 11.7. The highest BCUT2D eigenvalue weighted by molar-refractivity contribution is 7.99. The third-order valence-electron chi connectivity index (χ3n) is 7.48. The Morgan fingerprint density at radius 1 is 0.905 bits per heavy atom. The molecule has 3 aromatic heterocycles. The number of thiocarbonyl (C=S) groups is 1. The topological polar surface area (TPSA) is 89.1 Å². The van der Waals surface area contributed by atoms with Gasteiger partial charge in [0.05, 0.1) is 22.7 Å². The number of hydrogen-bond acceptors (Lipinski definition) is 6. The smallest absolute Gasteiger partial charge is 0.269 e. The summed E-state index contributed by atoms with van der Waals surface area (Å²) in [5, 5.41) is 15.2. The van der Waals surface area contributed by atoms with Gasteiger partial charge in [0, 0.05) is 51.4 Å². The van der Waals surface area contributed by atoms with Crippen molar-refractivity contribution in [3.8, 4) is 5.82 Å². The van der Waals surface area contributed by atoms with E-state index in [9.17, 15) is 10.1 Å². The Kier molecular flexibility index (Phi) is 7.49. The zero-order valence-electron chi connectivity index (χ0n) is 23.3. The van der Waals surface area contributed by atoms with Crippen LogP contribution >= 0.6 is 24.0 Å². The minimum atomic E-state index is -0.389. The average molecular weight is 593 g/mol. The zero-order chi connectivity index (χ0) is 29.4. The van der Waals surface area contributed by atoms with Crippen LogP contribution in [-0.4, -0.2) is 24.6 Å². The first-order chi connectivity index (χ1) is 20.3. The number of anilines is 1. The predicted octanol–water partition coefficient (Wildman–Crippen LogP) is 7.43. The van der Waals surface area contributed by atoms with E-state index in [1.165, 1.54) is 12.1 Å². The molecule has 10 heteroatoms. The number of rotatable bonds is 7. The van der Waals surface area contributed by atoms with Crippen LogP contribution in [0.1, 0.15) is 40.3 Å². The molecule has 0 bridgehead atoms. The number of aromatic nitrogens is 3. The highest BCUT2D eigenvalue weighted by Crippen LogP contribution is 2.44. The molecule has 0 amide bonds. The van der Waals surface area contributed by atoms with Crippen LogP contribution in [0.2, 0.25) is 0 Å². The number of hydrogen-bond donors (Lipinski definition) is 1. The van der Waals surface area contributed by atoms with Crippen LogP contribution in [0.15, 0.2) is 107 Å². The molecule has 2 atom stereocenters. The molecule has 6 rings (SSSR count). The summed E-state index contributed by atoms with van der Waals surface area (Å²) in [6.07, 6.45) is 3.64. The van der Waals surface area contributed by atoms with Gasteiger partial charge in [-0.1, -0.05) is 23.9 Å². The number of aryl methyl sites for hydroxylation is 2. The molecule has 8 nitrogen and oxygen atoms in total. The molecule has 5 aromatic rings. The van der Waals surface area contributed by atoms with Gasteiger partial charge in [0.1, 0.15) is 5.82 Å². The summed E-state index contributed by atoms with van der Waals surface area (Å²) in [6, 6.07) is 26.7. The lowest BCUT2D eigenvalue weighted by Crippen LogP contribution is -2.29. The molecule has 210 valence electrons. The van der Waals surface area contributed by atoms with Crippen LogP contribution in [-0.2, 0) is 0 Å². The van der Waals surface area contributed by atoms with Gasteiger partial charge in [-0.3, -0.25) is 15.1 Å². The van der Waals surface area contributed by atoms with E-state index in [-0.39, 0.29) is 22.7 Å². The number of nitro benzene ring substituents is 1. The molecule has 1 saturated heterocycles. The van der Waals surface area contributed by atoms with Crippen molar-refractivity contribution < 1.29 is 4.92 Å². The second kappa shape index (κ2) is 11.4. The van der Waals surface area contributed by atoms with Crippen molar-refractivity contribution in [3.63, 3.8) is 0 Å². The van der Waals surface area contributed by atoms with Crippen molar-refractivity contribution >= 4 is 40.5 Å². The fourth-order valence-corrected chi connectivity index (χ4v) is 6.68. The maximum absolute atomic E-state index is 11.0. The lowest BCUT2D eigenvalue weighted by molar-refractivity contribution is -0.384. The van der Waals surface area contributed by atoms with Crippen molar-refractivity contribution in [2.45, 2.75) is 42.6 Å². The monoisotopic (exact) mass is 592 g/mol. The summed E-state index contributed by atoms with van der Waals surface area (Å²) < 4.78 is 2.21. The first kappa shape index (κ1) is 27.6. The van der Waals surface area contributed by atoms with E-state index in [1.807, 2.05) is 36.7 Å². The first-order valence-electron chi connectivity index (χ1n) is 13.5. The second-order valence-electron chi connectivity index (χ2n) is 10.1. The molecule has 0 radical (unpaired) electrons. The Balaban J connectivity index is 1.38. The van der Waals surface area contributed by atoms with E-state index in [0.717, 1.165) is 49.5 Å². The summed E-state index contributed by atoms with van der Waals surface area (Å²) >= 11 is 7.50. The zero-order valence-corrected chi connectivity index (χ0v) is 24.9. The van der Waals surface area contributed by atoms with E-state index in [0.29, 0.717) is 5.11 Å². The van der Waals surface area contributed by atoms with Gasteiger partial charge in [-0.05, 0) is 105 Å². The van der Waals surface area contributed by atoms with Crippen LogP contribution < -0.4 is 10.2 Å².